The number of benzene rings is 1. The van der Waals surface area contributed by atoms with Crippen LogP contribution in [0.2, 0.25) is 0 Å². The van der Waals surface area contributed by atoms with Gasteiger partial charge in [-0.05, 0) is 36.9 Å². The first-order chi connectivity index (χ1) is 7.76. The van der Waals surface area contributed by atoms with Crippen LogP contribution in [0.1, 0.15) is 17.4 Å². The van der Waals surface area contributed by atoms with Gasteiger partial charge < -0.3 is 4.74 Å². The molecule has 16 heavy (non-hydrogen) atoms. The lowest BCUT2D eigenvalue weighted by Crippen LogP contribution is -1.80. The van der Waals surface area contributed by atoms with Crippen molar-refractivity contribution in [3.05, 3.63) is 52.2 Å². The van der Waals surface area contributed by atoms with E-state index in [4.69, 9.17) is 4.74 Å². The average molecular weight is 234 g/mol. The molecule has 0 amide bonds. The van der Waals surface area contributed by atoms with Crippen LogP contribution in [0.5, 0.6) is 5.75 Å². The molecular weight excluding hydrogens is 216 g/mol. The monoisotopic (exact) mass is 234 g/mol. The zero-order valence-electron chi connectivity index (χ0n) is 10.1. The van der Waals surface area contributed by atoms with Crippen molar-refractivity contribution in [1.82, 2.24) is 0 Å². The van der Waals surface area contributed by atoms with Gasteiger partial charge in [-0.3, -0.25) is 0 Å². The van der Waals surface area contributed by atoms with Crippen molar-refractivity contribution in [2.75, 3.05) is 7.11 Å². The molecular formula is C14H18OS. The van der Waals surface area contributed by atoms with Gasteiger partial charge in [0.15, 0.2) is 0 Å². The maximum absolute atomic E-state index is 4.97. The van der Waals surface area contributed by atoms with E-state index in [1.54, 1.807) is 7.11 Å². The van der Waals surface area contributed by atoms with Crippen LogP contribution >= 0.6 is 11.3 Å². The van der Waals surface area contributed by atoms with Crippen molar-refractivity contribution in [2.45, 2.75) is 20.3 Å². The summed E-state index contributed by atoms with van der Waals surface area (Å²) in [6, 6.07) is 12.2. The molecule has 86 valence electrons. The largest absolute Gasteiger partial charge is 0.497 e. The first-order valence-corrected chi connectivity index (χ1v) is 6.27. The van der Waals surface area contributed by atoms with Gasteiger partial charge in [0.05, 0.1) is 7.11 Å². The summed E-state index contributed by atoms with van der Waals surface area (Å²) < 4.78 is 4.97. The highest BCUT2D eigenvalue weighted by molar-refractivity contribution is 7.09. The van der Waals surface area contributed by atoms with Crippen molar-refractivity contribution < 1.29 is 4.74 Å². The van der Waals surface area contributed by atoms with Gasteiger partial charge in [0.25, 0.3) is 0 Å². The van der Waals surface area contributed by atoms with E-state index in [0.29, 0.717) is 0 Å². The smallest absolute Gasteiger partial charge is 0.118 e. The Morgan fingerprint density at radius 1 is 1.12 bits per heavy atom. The molecule has 0 saturated heterocycles. The molecule has 0 aliphatic rings. The van der Waals surface area contributed by atoms with Gasteiger partial charge in [-0.15, -0.1) is 11.3 Å². The fourth-order valence-corrected chi connectivity index (χ4v) is 1.84. The standard InChI is InChI=1S/C8H10O.C6H8S/c1-7-3-5-8(9-2)6-4-7;1-2-6-4-3-5-7-6/h3-6H,1-2H3;3-5H,2H2,1H3. The molecule has 1 nitrogen and oxygen atoms in total. The molecule has 0 radical (unpaired) electrons. The van der Waals surface area contributed by atoms with E-state index < -0.39 is 0 Å². The Hall–Kier alpha value is -1.28. The lowest BCUT2D eigenvalue weighted by Gasteiger charge is -1.97. The molecule has 0 N–H and O–H groups in total. The maximum atomic E-state index is 4.97. The number of rotatable bonds is 2. The van der Waals surface area contributed by atoms with E-state index in [9.17, 15) is 0 Å². The van der Waals surface area contributed by atoms with Crippen LogP contribution in [0.4, 0.5) is 0 Å². The fourth-order valence-electron chi connectivity index (χ4n) is 1.19. The van der Waals surface area contributed by atoms with E-state index in [-0.39, 0.29) is 0 Å². The van der Waals surface area contributed by atoms with Crippen molar-refractivity contribution in [3.8, 4) is 5.75 Å². The Morgan fingerprint density at radius 2 is 1.81 bits per heavy atom. The Balaban J connectivity index is 0.000000165. The SMILES string of the molecule is CCc1cccs1.COc1ccc(C)cc1. The van der Waals surface area contributed by atoms with Crippen LogP contribution < -0.4 is 4.74 Å². The lowest BCUT2D eigenvalue weighted by atomic mass is 10.2. The highest BCUT2D eigenvalue weighted by Crippen LogP contribution is 2.09. The molecule has 0 aliphatic carbocycles. The van der Waals surface area contributed by atoms with Gasteiger partial charge in [0, 0.05) is 4.88 Å². The highest BCUT2D eigenvalue weighted by atomic mass is 32.1. The minimum Gasteiger partial charge on any atom is -0.497 e. The zero-order chi connectivity index (χ0) is 11.8. The summed E-state index contributed by atoms with van der Waals surface area (Å²) in [4.78, 5) is 1.47. The molecule has 1 heterocycles. The normalized spacial score (nSPS) is 9.19. The molecule has 1 aromatic heterocycles. The number of thiophene rings is 1. The van der Waals surface area contributed by atoms with Gasteiger partial charge >= 0.3 is 0 Å². The van der Waals surface area contributed by atoms with Gasteiger partial charge in [-0.1, -0.05) is 30.7 Å². The van der Waals surface area contributed by atoms with Crippen molar-refractivity contribution in [2.24, 2.45) is 0 Å². The molecule has 0 bridgehead atoms. The van der Waals surface area contributed by atoms with Gasteiger partial charge in [0.2, 0.25) is 0 Å². The van der Waals surface area contributed by atoms with Crippen LogP contribution in [0, 0.1) is 6.92 Å². The van der Waals surface area contributed by atoms with Gasteiger partial charge in [0.1, 0.15) is 5.75 Å². The van der Waals surface area contributed by atoms with E-state index >= 15 is 0 Å². The third-order valence-corrected chi connectivity index (χ3v) is 3.21. The third-order valence-electron chi connectivity index (χ3n) is 2.19. The molecule has 0 aliphatic heterocycles. The summed E-state index contributed by atoms with van der Waals surface area (Å²) in [5, 5.41) is 2.11. The summed E-state index contributed by atoms with van der Waals surface area (Å²) in [6.07, 6.45) is 1.18. The predicted octanol–water partition coefficient (Wildman–Crippen LogP) is 4.31. The molecule has 2 heteroatoms. The Labute approximate surface area is 102 Å². The number of hydrogen-bond donors (Lipinski definition) is 0. The quantitative estimate of drug-likeness (QED) is 0.752. The molecule has 0 unspecified atom stereocenters. The molecule has 1 aromatic carbocycles. The second-order valence-corrected chi connectivity index (χ2v) is 4.48. The van der Waals surface area contributed by atoms with E-state index in [1.165, 1.54) is 16.9 Å². The Bertz CT molecular complexity index is 376. The topological polar surface area (TPSA) is 9.23 Å². The third kappa shape index (κ3) is 4.49. The number of ether oxygens (including phenoxy) is 1. The first kappa shape index (κ1) is 12.8. The number of aryl methyl sites for hydroxylation is 2. The van der Waals surface area contributed by atoms with E-state index in [1.807, 2.05) is 35.6 Å². The minimum atomic E-state index is 0.917. The summed E-state index contributed by atoms with van der Waals surface area (Å²) in [5.41, 5.74) is 1.26. The maximum Gasteiger partial charge on any atom is 0.118 e. The summed E-state index contributed by atoms with van der Waals surface area (Å²) >= 11 is 1.82. The first-order valence-electron chi connectivity index (χ1n) is 5.39. The van der Waals surface area contributed by atoms with Crippen LogP contribution in [0.3, 0.4) is 0 Å². The fraction of sp³-hybridized carbons (Fsp3) is 0.286. The molecule has 2 rings (SSSR count). The minimum absolute atomic E-state index is 0.917. The van der Waals surface area contributed by atoms with E-state index in [2.05, 4.69) is 31.4 Å². The van der Waals surface area contributed by atoms with Crippen LogP contribution in [-0.2, 0) is 6.42 Å². The Kier molecular flexibility index (Phi) is 5.65. The van der Waals surface area contributed by atoms with Crippen LogP contribution in [-0.4, -0.2) is 7.11 Å². The molecule has 0 fully saturated rings. The molecule has 0 spiro atoms. The van der Waals surface area contributed by atoms with Crippen molar-refractivity contribution >= 4 is 11.3 Å². The molecule has 0 saturated carbocycles. The number of hydrogen-bond acceptors (Lipinski definition) is 2. The predicted molar refractivity (Wildman–Crippen MR) is 71.4 cm³/mol. The molecule has 2 aromatic rings. The zero-order valence-corrected chi connectivity index (χ0v) is 10.9. The molecule has 0 atom stereocenters. The second kappa shape index (κ2) is 7.07. The van der Waals surface area contributed by atoms with E-state index in [0.717, 1.165) is 5.75 Å². The van der Waals surface area contributed by atoms with Crippen LogP contribution in [0.15, 0.2) is 41.8 Å². The van der Waals surface area contributed by atoms with Gasteiger partial charge in [-0.25, -0.2) is 0 Å². The summed E-state index contributed by atoms with van der Waals surface area (Å²) in [5.74, 6) is 0.917. The average Bonchev–Trinajstić information content (AvgIpc) is 2.84. The van der Waals surface area contributed by atoms with Crippen LogP contribution in [0.25, 0.3) is 0 Å². The van der Waals surface area contributed by atoms with Crippen molar-refractivity contribution in [3.63, 3.8) is 0 Å². The highest BCUT2D eigenvalue weighted by Gasteiger charge is 1.85. The Morgan fingerprint density at radius 3 is 2.19 bits per heavy atom. The lowest BCUT2D eigenvalue weighted by molar-refractivity contribution is 0.414. The second-order valence-electron chi connectivity index (χ2n) is 3.45. The summed E-state index contributed by atoms with van der Waals surface area (Å²) in [7, 11) is 1.67. The summed E-state index contributed by atoms with van der Waals surface area (Å²) in [6.45, 7) is 4.23. The number of methoxy groups -OCH3 is 1. The van der Waals surface area contributed by atoms with Crippen molar-refractivity contribution in [1.29, 1.82) is 0 Å². The van der Waals surface area contributed by atoms with Gasteiger partial charge in [-0.2, -0.15) is 0 Å².